The maximum absolute atomic E-state index is 13.8. The van der Waals surface area contributed by atoms with E-state index in [1.54, 1.807) is 42.6 Å². The van der Waals surface area contributed by atoms with Crippen LogP contribution < -0.4 is 10.2 Å². The van der Waals surface area contributed by atoms with E-state index < -0.39 is 23.8 Å². The number of hydrogen-bond donors (Lipinski definition) is 2. The topological polar surface area (TPSA) is 131 Å². The molecule has 1 aliphatic heterocycles. The number of nitrogens with zero attached hydrogens (tertiary/aromatic N) is 4. The normalized spacial score (nSPS) is 15.3. The molecule has 9 heteroatoms. The fourth-order valence-electron chi connectivity index (χ4n) is 4.21. The molecule has 2 N–H and O–H groups in total. The minimum absolute atomic E-state index is 0.0589. The highest BCUT2D eigenvalue weighted by Gasteiger charge is 2.38. The van der Waals surface area contributed by atoms with Gasteiger partial charge in [0.15, 0.2) is 0 Å². The first-order valence-electron chi connectivity index (χ1n) is 10.6. The fraction of sp³-hybridized carbons (Fsp3) is 0.0800. The number of imide groups is 1. The van der Waals surface area contributed by atoms with Gasteiger partial charge in [-0.15, -0.1) is 0 Å². The fourth-order valence-corrected chi connectivity index (χ4v) is 4.21. The van der Waals surface area contributed by atoms with Crippen molar-refractivity contribution in [3.8, 4) is 0 Å². The molecule has 166 valence electrons. The van der Waals surface area contributed by atoms with E-state index in [0.717, 1.165) is 21.4 Å². The van der Waals surface area contributed by atoms with Crippen molar-refractivity contribution in [2.24, 2.45) is 5.11 Å². The highest BCUT2D eigenvalue weighted by atomic mass is 16.2. The zero-order chi connectivity index (χ0) is 23.7. The number of fused-ring (bicyclic) bond motifs is 2. The lowest BCUT2D eigenvalue weighted by Gasteiger charge is -2.24. The van der Waals surface area contributed by atoms with Crippen molar-refractivity contribution in [1.29, 1.82) is 0 Å². The van der Waals surface area contributed by atoms with Gasteiger partial charge in [0.25, 0.3) is 17.7 Å². The number of nitrogens with one attached hydrogen (secondary N) is 2. The zero-order valence-corrected chi connectivity index (χ0v) is 17.8. The Morgan fingerprint density at radius 3 is 2.59 bits per heavy atom. The largest absolute Gasteiger partial charge is 0.361 e. The molecule has 0 unspecified atom stereocenters. The number of aromatic nitrogens is 1. The van der Waals surface area contributed by atoms with Crippen molar-refractivity contribution >= 4 is 40.0 Å². The maximum Gasteiger partial charge on any atom is 0.265 e. The Kier molecular flexibility index (Phi) is 5.29. The van der Waals surface area contributed by atoms with Gasteiger partial charge in [0.1, 0.15) is 6.04 Å². The summed E-state index contributed by atoms with van der Waals surface area (Å²) >= 11 is 0. The lowest BCUT2D eigenvalue weighted by atomic mass is 10.0. The number of rotatable bonds is 4. The van der Waals surface area contributed by atoms with E-state index in [2.05, 4.69) is 20.3 Å². The summed E-state index contributed by atoms with van der Waals surface area (Å²) in [5.74, 6) is -1.71. The van der Waals surface area contributed by atoms with Crippen LogP contribution in [0.4, 0.5) is 11.4 Å². The smallest absolute Gasteiger partial charge is 0.265 e. The Hall–Kier alpha value is -4.88. The van der Waals surface area contributed by atoms with E-state index in [0.29, 0.717) is 0 Å². The Bertz CT molecular complexity index is 1500. The van der Waals surface area contributed by atoms with Crippen molar-refractivity contribution in [3.63, 3.8) is 0 Å². The number of H-pyrrole nitrogens is 1. The Morgan fingerprint density at radius 2 is 1.74 bits per heavy atom. The molecular weight excluding hydrogens is 432 g/mol. The molecule has 3 aromatic carbocycles. The SMILES string of the molecule is [N-]=[N+]=Nc1ccccc1C(=O)N1C(=O)[C@H](Cc2c[nH]c3ccccc23)NC(=O)c2ccccc21. The third-order valence-electron chi connectivity index (χ3n) is 5.80. The third-order valence-corrected chi connectivity index (χ3v) is 5.80. The number of hydrogen-bond acceptors (Lipinski definition) is 4. The maximum atomic E-state index is 13.8. The molecule has 34 heavy (non-hydrogen) atoms. The highest BCUT2D eigenvalue weighted by molar-refractivity contribution is 6.27. The van der Waals surface area contributed by atoms with Crippen LogP contribution in [-0.2, 0) is 11.2 Å². The van der Waals surface area contributed by atoms with E-state index in [4.69, 9.17) is 5.53 Å². The summed E-state index contributed by atoms with van der Waals surface area (Å²) in [6.07, 6.45) is 1.98. The zero-order valence-electron chi connectivity index (χ0n) is 17.8. The van der Waals surface area contributed by atoms with Crippen molar-refractivity contribution < 1.29 is 14.4 Å². The van der Waals surface area contributed by atoms with Crippen LogP contribution in [0.25, 0.3) is 21.3 Å². The van der Waals surface area contributed by atoms with Gasteiger partial charge < -0.3 is 10.3 Å². The second-order valence-electron chi connectivity index (χ2n) is 7.79. The number of anilines is 1. The number of carbonyl (C=O) groups excluding carboxylic acids is 3. The molecule has 3 amide bonds. The second-order valence-corrected chi connectivity index (χ2v) is 7.79. The van der Waals surface area contributed by atoms with Gasteiger partial charge in [-0.05, 0) is 35.4 Å². The quantitative estimate of drug-likeness (QED) is 0.203. The van der Waals surface area contributed by atoms with E-state index in [1.165, 1.54) is 12.1 Å². The van der Waals surface area contributed by atoms with Crippen LogP contribution in [0.2, 0.25) is 0 Å². The second kappa shape index (κ2) is 8.57. The summed E-state index contributed by atoms with van der Waals surface area (Å²) in [5, 5.41) is 7.31. The van der Waals surface area contributed by atoms with Gasteiger partial charge in [0.05, 0.1) is 16.9 Å². The summed E-state index contributed by atoms with van der Waals surface area (Å²) < 4.78 is 0. The van der Waals surface area contributed by atoms with Crippen LogP contribution in [0, 0.1) is 0 Å². The molecule has 0 saturated heterocycles. The number of benzene rings is 3. The Labute approximate surface area is 193 Å². The molecule has 2 heterocycles. The molecule has 0 aliphatic carbocycles. The van der Waals surface area contributed by atoms with Crippen LogP contribution >= 0.6 is 0 Å². The monoisotopic (exact) mass is 450 g/mol. The van der Waals surface area contributed by atoms with Gasteiger partial charge in [-0.25, -0.2) is 4.90 Å². The summed E-state index contributed by atoms with van der Waals surface area (Å²) in [6, 6.07) is 19.3. The van der Waals surface area contributed by atoms with E-state index in [1.807, 2.05) is 24.3 Å². The molecule has 5 rings (SSSR count). The minimum Gasteiger partial charge on any atom is -0.361 e. The number of carbonyl (C=O) groups is 3. The highest BCUT2D eigenvalue weighted by Crippen LogP contribution is 2.30. The molecule has 0 radical (unpaired) electrons. The number of para-hydroxylation sites is 2. The first kappa shape index (κ1) is 21.0. The minimum atomic E-state index is -0.991. The lowest BCUT2D eigenvalue weighted by Crippen LogP contribution is -2.49. The lowest BCUT2D eigenvalue weighted by molar-refractivity contribution is -0.119. The number of amides is 3. The van der Waals surface area contributed by atoms with Crippen molar-refractivity contribution in [3.05, 3.63) is 106 Å². The molecule has 0 fully saturated rings. The van der Waals surface area contributed by atoms with Crippen LogP contribution in [0.3, 0.4) is 0 Å². The van der Waals surface area contributed by atoms with Gasteiger partial charge in [0, 0.05) is 34.0 Å². The first-order chi connectivity index (χ1) is 16.6. The van der Waals surface area contributed by atoms with Gasteiger partial charge >= 0.3 is 0 Å². The van der Waals surface area contributed by atoms with E-state index in [-0.39, 0.29) is 28.9 Å². The summed E-state index contributed by atoms with van der Waals surface area (Å²) in [7, 11) is 0. The standard InChI is InChI=1S/C25H18N6O3/c26-30-29-20-11-5-2-8-17(20)24(33)31-22-12-6-3-9-18(22)23(32)28-21(25(31)34)13-15-14-27-19-10-4-1-7-16(15)19/h1-12,14,21,27H,13H2,(H,28,32)/t21-/m0/s1. The molecule has 0 spiro atoms. The average Bonchev–Trinajstić information content (AvgIpc) is 3.23. The van der Waals surface area contributed by atoms with Crippen LogP contribution in [0.15, 0.2) is 84.1 Å². The van der Waals surface area contributed by atoms with Crippen LogP contribution in [-0.4, -0.2) is 28.7 Å². The number of azide groups is 1. The van der Waals surface area contributed by atoms with Gasteiger partial charge in [-0.3, -0.25) is 14.4 Å². The van der Waals surface area contributed by atoms with Crippen molar-refractivity contribution in [2.75, 3.05) is 4.90 Å². The molecule has 1 aliphatic rings. The molecule has 0 saturated carbocycles. The van der Waals surface area contributed by atoms with Crippen molar-refractivity contribution in [1.82, 2.24) is 10.3 Å². The van der Waals surface area contributed by atoms with Gasteiger partial charge in [-0.2, -0.15) is 0 Å². The number of aromatic amines is 1. The Balaban J connectivity index is 1.61. The van der Waals surface area contributed by atoms with E-state index in [9.17, 15) is 14.4 Å². The summed E-state index contributed by atoms with van der Waals surface area (Å²) in [5.41, 5.74) is 11.2. The summed E-state index contributed by atoms with van der Waals surface area (Å²) in [4.78, 5) is 47.4. The molecular formula is C25H18N6O3. The average molecular weight is 450 g/mol. The van der Waals surface area contributed by atoms with Crippen LogP contribution in [0.5, 0.6) is 0 Å². The molecule has 1 atom stereocenters. The summed E-state index contributed by atoms with van der Waals surface area (Å²) in [6.45, 7) is 0. The molecule has 0 bridgehead atoms. The first-order valence-corrected chi connectivity index (χ1v) is 10.6. The Morgan fingerprint density at radius 1 is 1.00 bits per heavy atom. The molecule has 9 nitrogen and oxygen atoms in total. The van der Waals surface area contributed by atoms with Gasteiger partial charge in [0.2, 0.25) is 0 Å². The predicted molar refractivity (Wildman–Crippen MR) is 127 cm³/mol. The predicted octanol–water partition coefficient (Wildman–Crippen LogP) is 4.64. The van der Waals surface area contributed by atoms with Gasteiger partial charge in [-0.1, -0.05) is 53.6 Å². The van der Waals surface area contributed by atoms with Crippen molar-refractivity contribution in [2.45, 2.75) is 12.5 Å². The molecule has 1 aromatic heterocycles. The van der Waals surface area contributed by atoms with Crippen LogP contribution in [0.1, 0.15) is 26.3 Å². The van der Waals surface area contributed by atoms with E-state index >= 15 is 0 Å². The third kappa shape index (κ3) is 3.56. The molecule has 4 aromatic rings.